The molecule has 0 bridgehead atoms. The average Bonchev–Trinajstić information content (AvgIpc) is 2.75. The number of carboxylic acids is 1. The van der Waals surface area contributed by atoms with Crippen LogP contribution in [0.3, 0.4) is 0 Å². The number of hydrogen-bond acceptors (Lipinski definition) is 5. The lowest BCUT2D eigenvalue weighted by Crippen LogP contribution is -2.53. The van der Waals surface area contributed by atoms with Gasteiger partial charge in [0.2, 0.25) is 5.62 Å². The lowest BCUT2D eigenvalue weighted by atomic mass is 9.80. The molecule has 1 fully saturated rings. The maximum absolute atomic E-state index is 13.5. The maximum Gasteiger partial charge on any atom is 0.335 e. The molecular weight excluding hydrogens is 495 g/mol. The zero-order chi connectivity index (χ0) is 25.3. The summed E-state index contributed by atoms with van der Waals surface area (Å²) in [6.07, 6.45) is 0.360. The number of ether oxygens (including phenoxy) is 1. The number of rotatable bonds is 7. The van der Waals surface area contributed by atoms with Crippen LogP contribution in [0.1, 0.15) is 38.3 Å². The van der Waals surface area contributed by atoms with Crippen molar-refractivity contribution in [2.24, 2.45) is 10.9 Å². The summed E-state index contributed by atoms with van der Waals surface area (Å²) in [6.45, 7) is 3.88. The van der Waals surface area contributed by atoms with Gasteiger partial charge in [-0.25, -0.2) is 19.1 Å². The van der Waals surface area contributed by atoms with Crippen LogP contribution in [0, 0.1) is 5.92 Å². The van der Waals surface area contributed by atoms with Gasteiger partial charge in [0.1, 0.15) is 5.75 Å². The zero-order valence-corrected chi connectivity index (χ0v) is 20.6. The number of halogens is 2. The molecule has 1 heterocycles. The van der Waals surface area contributed by atoms with Crippen molar-refractivity contribution in [3.8, 4) is 5.75 Å². The van der Waals surface area contributed by atoms with Crippen molar-refractivity contribution in [1.29, 1.82) is 0 Å². The minimum Gasteiger partial charge on any atom is -0.489 e. The molecule has 0 unspecified atom stereocenters. The van der Waals surface area contributed by atoms with Gasteiger partial charge in [-0.2, -0.15) is 0 Å². The molecule has 0 radical (unpaired) electrons. The van der Waals surface area contributed by atoms with Gasteiger partial charge in [-0.05, 0) is 62.6 Å². The number of aliphatic carboxylic acids is 1. The highest BCUT2D eigenvalue weighted by atomic mass is 35.5. The average molecular weight is 519 g/mol. The molecule has 2 aromatic carbocycles. The fourth-order valence-electron chi connectivity index (χ4n) is 3.89. The van der Waals surface area contributed by atoms with E-state index in [2.05, 4.69) is 9.98 Å². The van der Waals surface area contributed by atoms with E-state index in [1.807, 2.05) is 13.8 Å². The third-order valence-electron chi connectivity index (χ3n) is 5.72. The van der Waals surface area contributed by atoms with E-state index in [4.69, 9.17) is 27.9 Å². The largest absolute Gasteiger partial charge is 0.489 e. The van der Waals surface area contributed by atoms with Crippen molar-refractivity contribution >= 4 is 34.9 Å². The summed E-state index contributed by atoms with van der Waals surface area (Å²) in [5.41, 5.74) is -0.0162. The first kappa shape index (κ1) is 24.8. The minimum absolute atomic E-state index is 0.0360. The summed E-state index contributed by atoms with van der Waals surface area (Å²) in [5, 5.41) is 10.1. The van der Waals surface area contributed by atoms with Crippen LogP contribution in [-0.4, -0.2) is 31.3 Å². The SMILES string of the molecule is CC(C)Oc1ccc(/N=c2\[nH]c(=O)n([C@H]3C[C@@H](C(=O)O)C3)c(=O)n2Cc2ccc(Cl)cc2)cc1Cl. The number of hydrogen-bond donors (Lipinski definition) is 2. The van der Waals surface area contributed by atoms with Gasteiger partial charge >= 0.3 is 17.3 Å². The summed E-state index contributed by atoms with van der Waals surface area (Å²) in [4.78, 5) is 44.7. The predicted molar refractivity (Wildman–Crippen MR) is 132 cm³/mol. The Kier molecular flexibility index (Phi) is 7.18. The van der Waals surface area contributed by atoms with E-state index >= 15 is 0 Å². The minimum atomic E-state index is -0.937. The topological polar surface area (TPSA) is 119 Å². The lowest BCUT2D eigenvalue weighted by Gasteiger charge is -2.33. The Balaban J connectivity index is 1.81. The van der Waals surface area contributed by atoms with Crippen molar-refractivity contribution in [1.82, 2.24) is 14.1 Å². The van der Waals surface area contributed by atoms with E-state index in [0.717, 1.165) is 10.1 Å². The Bertz CT molecular complexity index is 1430. The first-order valence-electron chi connectivity index (χ1n) is 11.1. The van der Waals surface area contributed by atoms with E-state index in [1.165, 1.54) is 4.57 Å². The molecule has 9 nitrogen and oxygen atoms in total. The number of nitrogens with zero attached hydrogens (tertiary/aromatic N) is 3. The Labute approximate surface area is 210 Å². The molecule has 0 atom stereocenters. The maximum atomic E-state index is 13.5. The normalized spacial score (nSPS) is 17.9. The van der Waals surface area contributed by atoms with Crippen LogP contribution in [-0.2, 0) is 11.3 Å². The van der Waals surface area contributed by atoms with E-state index in [9.17, 15) is 19.5 Å². The van der Waals surface area contributed by atoms with Gasteiger partial charge in [-0.1, -0.05) is 35.3 Å². The zero-order valence-electron chi connectivity index (χ0n) is 19.1. The molecule has 35 heavy (non-hydrogen) atoms. The highest BCUT2D eigenvalue weighted by Crippen LogP contribution is 2.36. The van der Waals surface area contributed by atoms with Crippen molar-refractivity contribution in [3.63, 3.8) is 0 Å². The summed E-state index contributed by atoms with van der Waals surface area (Å²) in [7, 11) is 0. The molecule has 11 heteroatoms. The molecule has 1 aromatic heterocycles. The second-order valence-corrected chi connectivity index (χ2v) is 9.52. The molecule has 1 aliphatic rings. The van der Waals surface area contributed by atoms with Gasteiger partial charge in [-0.3, -0.25) is 14.3 Å². The quantitative estimate of drug-likeness (QED) is 0.493. The second kappa shape index (κ2) is 10.1. The smallest absolute Gasteiger partial charge is 0.335 e. The Morgan fingerprint density at radius 1 is 1.17 bits per heavy atom. The highest BCUT2D eigenvalue weighted by molar-refractivity contribution is 6.32. The van der Waals surface area contributed by atoms with Gasteiger partial charge in [0.25, 0.3) is 0 Å². The molecule has 2 N–H and O–H groups in total. The molecular formula is C24H24Cl2N4O5. The van der Waals surface area contributed by atoms with Gasteiger partial charge in [0.05, 0.1) is 29.3 Å². The van der Waals surface area contributed by atoms with Crippen LogP contribution in [0.4, 0.5) is 5.69 Å². The molecule has 0 spiro atoms. The van der Waals surface area contributed by atoms with Crippen LogP contribution >= 0.6 is 23.2 Å². The number of benzene rings is 2. The van der Waals surface area contributed by atoms with Gasteiger partial charge in [-0.15, -0.1) is 0 Å². The number of aromatic amines is 1. The van der Waals surface area contributed by atoms with Crippen LogP contribution in [0.25, 0.3) is 0 Å². The number of aromatic nitrogens is 3. The number of carboxylic acid groups (broad SMARTS) is 1. The Morgan fingerprint density at radius 2 is 1.86 bits per heavy atom. The molecule has 1 aliphatic carbocycles. The Morgan fingerprint density at radius 3 is 2.46 bits per heavy atom. The van der Waals surface area contributed by atoms with Crippen LogP contribution in [0.5, 0.6) is 5.75 Å². The lowest BCUT2D eigenvalue weighted by molar-refractivity contribution is -0.146. The molecule has 0 amide bonds. The van der Waals surface area contributed by atoms with Crippen LogP contribution in [0.2, 0.25) is 10.0 Å². The molecule has 0 aliphatic heterocycles. The molecule has 0 saturated heterocycles. The van der Waals surface area contributed by atoms with E-state index in [-0.39, 0.29) is 31.1 Å². The summed E-state index contributed by atoms with van der Waals surface area (Å²) in [6, 6.07) is 11.4. The standard InChI is InChI=1S/C24H24Cl2N4O5/c1-13(2)35-20-8-7-17(11-19(20)26)27-22-28-23(33)30(18-9-15(10-18)21(31)32)24(34)29(22)12-14-3-5-16(25)6-4-14/h3-8,11,13,15,18H,9-10,12H2,1-2H3,(H,31,32)(H,27,28,33)/t15-,18+. The van der Waals surface area contributed by atoms with Crippen LogP contribution < -0.4 is 21.7 Å². The second-order valence-electron chi connectivity index (χ2n) is 8.67. The third-order valence-corrected chi connectivity index (χ3v) is 6.27. The highest BCUT2D eigenvalue weighted by Gasteiger charge is 2.37. The fraction of sp³-hybridized carbons (Fsp3) is 0.333. The van der Waals surface area contributed by atoms with E-state index in [1.54, 1.807) is 42.5 Å². The fourth-order valence-corrected chi connectivity index (χ4v) is 4.23. The Hall–Kier alpha value is -3.30. The first-order valence-corrected chi connectivity index (χ1v) is 11.8. The van der Waals surface area contributed by atoms with E-state index < -0.39 is 29.3 Å². The predicted octanol–water partition coefficient (Wildman–Crippen LogP) is 3.75. The van der Waals surface area contributed by atoms with Gasteiger partial charge in [0.15, 0.2) is 0 Å². The number of carbonyl (C=O) groups is 1. The number of nitrogens with one attached hydrogen (secondary N) is 1. The van der Waals surface area contributed by atoms with Crippen molar-refractivity contribution < 1.29 is 14.6 Å². The summed E-state index contributed by atoms with van der Waals surface area (Å²) >= 11 is 12.3. The van der Waals surface area contributed by atoms with Crippen molar-refractivity contribution in [2.45, 2.75) is 45.4 Å². The van der Waals surface area contributed by atoms with Crippen LogP contribution in [0.15, 0.2) is 57.0 Å². The van der Waals surface area contributed by atoms with Gasteiger partial charge in [0, 0.05) is 11.1 Å². The van der Waals surface area contributed by atoms with Gasteiger partial charge < -0.3 is 9.84 Å². The van der Waals surface area contributed by atoms with Crippen molar-refractivity contribution in [3.05, 3.63) is 84.7 Å². The number of H-pyrrole nitrogens is 1. The molecule has 4 rings (SSSR count). The van der Waals surface area contributed by atoms with Crippen molar-refractivity contribution in [2.75, 3.05) is 0 Å². The molecule has 3 aromatic rings. The molecule has 184 valence electrons. The summed E-state index contributed by atoms with van der Waals surface area (Å²) < 4.78 is 8.05. The summed E-state index contributed by atoms with van der Waals surface area (Å²) in [5.74, 6) is -1.02. The first-order chi connectivity index (χ1) is 16.6. The monoisotopic (exact) mass is 518 g/mol. The third kappa shape index (κ3) is 5.52. The van der Waals surface area contributed by atoms with E-state index in [0.29, 0.717) is 21.5 Å². The molecule has 1 saturated carbocycles.